The number of carbonyl (C=O) groups is 1. The SMILES string of the molecule is CC1C=CN(C)C2(CC2)C1=O. The van der Waals surface area contributed by atoms with Crippen molar-refractivity contribution in [3.8, 4) is 0 Å². The molecule has 0 aromatic heterocycles. The quantitative estimate of drug-likeness (QED) is 0.518. The Bertz CT molecular complexity index is 228. The van der Waals surface area contributed by atoms with Gasteiger partial charge in [0.1, 0.15) is 0 Å². The standard InChI is InChI=1S/C9H13NO/c1-7-3-6-10(2)9(4-5-9)8(7)11/h3,6-7H,4-5H2,1-2H3. The van der Waals surface area contributed by atoms with Gasteiger partial charge >= 0.3 is 0 Å². The van der Waals surface area contributed by atoms with Gasteiger partial charge in [0, 0.05) is 13.0 Å². The molecule has 1 unspecified atom stereocenters. The lowest BCUT2D eigenvalue weighted by atomic mass is 9.94. The molecule has 1 atom stereocenters. The van der Waals surface area contributed by atoms with E-state index in [0.717, 1.165) is 12.8 Å². The van der Waals surface area contributed by atoms with E-state index < -0.39 is 0 Å². The molecule has 0 aromatic rings. The molecule has 1 heterocycles. The maximum absolute atomic E-state index is 11.6. The van der Waals surface area contributed by atoms with Crippen LogP contribution in [0.1, 0.15) is 19.8 Å². The summed E-state index contributed by atoms with van der Waals surface area (Å²) in [6.07, 6.45) is 6.12. The predicted molar refractivity (Wildman–Crippen MR) is 43.0 cm³/mol. The van der Waals surface area contributed by atoms with E-state index >= 15 is 0 Å². The van der Waals surface area contributed by atoms with Crippen LogP contribution in [0, 0.1) is 5.92 Å². The van der Waals surface area contributed by atoms with Crippen molar-refractivity contribution in [2.24, 2.45) is 5.92 Å². The first-order chi connectivity index (χ1) is 5.17. The Kier molecular flexibility index (Phi) is 1.17. The number of ketones is 1. The van der Waals surface area contributed by atoms with E-state index in [1.165, 1.54) is 0 Å². The molecule has 0 radical (unpaired) electrons. The molecule has 1 aliphatic heterocycles. The van der Waals surface area contributed by atoms with Crippen LogP contribution in [0.25, 0.3) is 0 Å². The first-order valence-corrected chi connectivity index (χ1v) is 4.12. The molecular weight excluding hydrogens is 138 g/mol. The van der Waals surface area contributed by atoms with Crippen molar-refractivity contribution in [2.75, 3.05) is 7.05 Å². The Balaban J connectivity index is 2.33. The molecule has 2 nitrogen and oxygen atoms in total. The molecule has 1 spiro atoms. The van der Waals surface area contributed by atoms with Crippen LogP contribution in [0.3, 0.4) is 0 Å². The minimum atomic E-state index is -0.0752. The van der Waals surface area contributed by atoms with E-state index in [1.807, 2.05) is 26.2 Å². The number of likely N-dealkylation sites (N-methyl/N-ethyl adjacent to an activating group) is 1. The molecule has 0 N–H and O–H groups in total. The van der Waals surface area contributed by atoms with Gasteiger partial charge in [0.05, 0.1) is 5.54 Å². The molecule has 60 valence electrons. The van der Waals surface area contributed by atoms with E-state index in [9.17, 15) is 4.79 Å². The van der Waals surface area contributed by atoms with Crippen LogP contribution in [-0.2, 0) is 4.79 Å². The molecule has 11 heavy (non-hydrogen) atoms. The van der Waals surface area contributed by atoms with Gasteiger partial charge in [0.15, 0.2) is 5.78 Å². The van der Waals surface area contributed by atoms with Gasteiger partial charge < -0.3 is 4.90 Å². The molecule has 0 aromatic carbocycles. The molecule has 1 fully saturated rings. The highest BCUT2D eigenvalue weighted by molar-refractivity contribution is 5.95. The van der Waals surface area contributed by atoms with Crippen LogP contribution in [-0.4, -0.2) is 23.3 Å². The van der Waals surface area contributed by atoms with Gasteiger partial charge in [-0.3, -0.25) is 4.79 Å². The van der Waals surface area contributed by atoms with E-state index in [2.05, 4.69) is 4.90 Å². The fourth-order valence-electron chi connectivity index (χ4n) is 1.80. The van der Waals surface area contributed by atoms with E-state index in [1.54, 1.807) is 0 Å². The Morgan fingerprint density at radius 2 is 2.27 bits per heavy atom. The first kappa shape index (κ1) is 6.89. The van der Waals surface area contributed by atoms with E-state index in [-0.39, 0.29) is 11.5 Å². The number of allylic oxidation sites excluding steroid dienone is 1. The number of nitrogens with zero attached hydrogens (tertiary/aromatic N) is 1. The molecule has 0 saturated heterocycles. The van der Waals surface area contributed by atoms with Gasteiger partial charge in [-0.05, 0) is 19.0 Å². The van der Waals surface area contributed by atoms with Crippen molar-refractivity contribution in [3.05, 3.63) is 12.3 Å². The minimum Gasteiger partial charge on any atom is -0.368 e. The van der Waals surface area contributed by atoms with Crippen molar-refractivity contribution in [1.82, 2.24) is 4.90 Å². The Morgan fingerprint density at radius 1 is 1.64 bits per heavy atom. The summed E-state index contributed by atoms with van der Waals surface area (Å²) in [6, 6.07) is 0. The average Bonchev–Trinajstić information content (AvgIpc) is 2.76. The van der Waals surface area contributed by atoms with E-state index in [4.69, 9.17) is 0 Å². The Labute approximate surface area is 66.9 Å². The van der Waals surface area contributed by atoms with Gasteiger partial charge in [0.25, 0.3) is 0 Å². The highest BCUT2D eigenvalue weighted by Crippen LogP contribution is 2.45. The number of carbonyl (C=O) groups excluding carboxylic acids is 1. The number of hydrogen-bond acceptors (Lipinski definition) is 2. The summed E-state index contributed by atoms with van der Waals surface area (Å²) in [5.41, 5.74) is -0.0752. The maximum atomic E-state index is 11.6. The monoisotopic (exact) mass is 151 g/mol. The third-order valence-corrected chi connectivity index (χ3v) is 2.87. The molecule has 0 amide bonds. The normalized spacial score (nSPS) is 33.1. The molecule has 2 heteroatoms. The lowest BCUT2D eigenvalue weighted by Crippen LogP contribution is -2.43. The van der Waals surface area contributed by atoms with Crippen LogP contribution in [0.15, 0.2) is 12.3 Å². The maximum Gasteiger partial charge on any atom is 0.164 e. The van der Waals surface area contributed by atoms with Crippen molar-refractivity contribution < 1.29 is 4.79 Å². The summed E-state index contributed by atoms with van der Waals surface area (Å²) >= 11 is 0. The van der Waals surface area contributed by atoms with Crippen LogP contribution in [0.2, 0.25) is 0 Å². The second-order valence-corrected chi connectivity index (χ2v) is 3.64. The third-order valence-electron chi connectivity index (χ3n) is 2.87. The van der Waals surface area contributed by atoms with Crippen LogP contribution in [0.4, 0.5) is 0 Å². The number of hydrogen-bond donors (Lipinski definition) is 0. The van der Waals surface area contributed by atoms with Crippen molar-refractivity contribution in [3.63, 3.8) is 0 Å². The molecule has 1 aliphatic carbocycles. The number of Topliss-reactive ketones (excluding diaryl/α,β-unsaturated/α-hetero) is 1. The second kappa shape index (κ2) is 1.87. The molecule has 1 saturated carbocycles. The highest BCUT2D eigenvalue weighted by Gasteiger charge is 2.54. The Morgan fingerprint density at radius 3 is 2.73 bits per heavy atom. The molecule has 2 aliphatic rings. The summed E-state index contributed by atoms with van der Waals surface area (Å²) in [7, 11) is 1.99. The van der Waals surface area contributed by atoms with Gasteiger partial charge in [-0.1, -0.05) is 13.0 Å². The predicted octanol–water partition coefficient (Wildman–Crippen LogP) is 1.18. The second-order valence-electron chi connectivity index (χ2n) is 3.64. The van der Waals surface area contributed by atoms with Gasteiger partial charge in [-0.2, -0.15) is 0 Å². The summed E-state index contributed by atoms with van der Waals surface area (Å²) in [4.78, 5) is 13.7. The lowest BCUT2D eigenvalue weighted by Gasteiger charge is -2.31. The van der Waals surface area contributed by atoms with Gasteiger partial charge in [-0.15, -0.1) is 0 Å². The summed E-state index contributed by atoms with van der Waals surface area (Å²) in [5.74, 6) is 0.538. The largest absolute Gasteiger partial charge is 0.368 e. The summed E-state index contributed by atoms with van der Waals surface area (Å²) < 4.78 is 0. The van der Waals surface area contributed by atoms with Crippen molar-refractivity contribution in [2.45, 2.75) is 25.3 Å². The lowest BCUT2D eigenvalue weighted by molar-refractivity contribution is -0.127. The average molecular weight is 151 g/mol. The zero-order valence-electron chi connectivity index (χ0n) is 7.00. The van der Waals surface area contributed by atoms with E-state index in [0.29, 0.717) is 5.78 Å². The minimum absolute atomic E-state index is 0.0752. The fraction of sp³-hybridized carbons (Fsp3) is 0.667. The summed E-state index contributed by atoms with van der Waals surface area (Å²) in [6.45, 7) is 1.98. The van der Waals surface area contributed by atoms with Crippen molar-refractivity contribution in [1.29, 1.82) is 0 Å². The smallest absolute Gasteiger partial charge is 0.164 e. The van der Waals surface area contributed by atoms with Gasteiger partial charge in [0.2, 0.25) is 0 Å². The number of rotatable bonds is 0. The third kappa shape index (κ3) is 0.753. The van der Waals surface area contributed by atoms with Crippen molar-refractivity contribution >= 4 is 5.78 Å². The zero-order valence-corrected chi connectivity index (χ0v) is 7.00. The Hall–Kier alpha value is -0.790. The zero-order chi connectivity index (χ0) is 8.06. The molecule has 0 bridgehead atoms. The fourth-order valence-corrected chi connectivity index (χ4v) is 1.80. The topological polar surface area (TPSA) is 20.3 Å². The molecule has 2 rings (SSSR count). The van der Waals surface area contributed by atoms with Gasteiger partial charge in [-0.25, -0.2) is 0 Å². The molecular formula is C9H13NO. The highest BCUT2D eigenvalue weighted by atomic mass is 16.1. The first-order valence-electron chi connectivity index (χ1n) is 4.12. The summed E-state index contributed by atoms with van der Waals surface area (Å²) in [5, 5.41) is 0. The van der Waals surface area contributed by atoms with Crippen LogP contribution < -0.4 is 0 Å². The van der Waals surface area contributed by atoms with Crippen LogP contribution >= 0.6 is 0 Å². The van der Waals surface area contributed by atoms with Crippen LogP contribution in [0.5, 0.6) is 0 Å².